The Balaban J connectivity index is 2.04. The Morgan fingerprint density at radius 2 is 2.33 bits per heavy atom. The number of rotatable bonds is 2. The normalized spacial score (nSPS) is 20.3. The summed E-state index contributed by atoms with van der Waals surface area (Å²) in [6, 6.07) is 2.63. The van der Waals surface area contributed by atoms with Crippen LogP contribution in [0, 0.1) is 6.92 Å². The van der Waals surface area contributed by atoms with E-state index < -0.39 is 0 Å². The zero-order chi connectivity index (χ0) is 10.7. The van der Waals surface area contributed by atoms with Crippen LogP contribution >= 0.6 is 15.9 Å². The minimum Gasteiger partial charge on any atom is -0.367 e. The summed E-state index contributed by atoms with van der Waals surface area (Å²) in [5, 5.41) is 3.47. The first-order chi connectivity index (χ1) is 7.25. The fourth-order valence-corrected chi connectivity index (χ4v) is 1.97. The maximum Gasteiger partial charge on any atom is 0.126 e. The number of nitrogens with one attached hydrogen (secondary N) is 1. The van der Waals surface area contributed by atoms with E-state index in [4.69, 9.17) is 0 Å². The number of aryl methyl sites for hydroxylation is 1. The average Bonchev–Trinajstić information content (AvgIpc) is 2.25. The highest BCUT2D eigenvalue weighted by molar-refractivity contribution is 9.10. The van der Waals surface area contributed by atoms with Gasteiger partial charge in [0.05, 0.1) is 0 Å². The molecule has 3 heteroatoms. The highest BCUT2D eigenvalue weighted by atomic mass is 79.9. The topological polar surface area (TPSA) is 24.9 Å². The minimum atomic E-state index is 0.545. The molecule has 0 aromatic carbocycles. The molecular weight excluding hydrogens is 252 g/mol. The van der Waals surface area contributed by atoms with Crippen LogP contribution in [0.1, 0.15) is 24.8 Å². The number of aromatic nitrogens is 1. The number of hydrogen-bond acceptors (Lipinski definition) is 2. The molecule has 0 amide bonds. The molecule has 0 saturated heterocycles. The zero-order valence-electron chi connectivity index (χ0n) is 8.83. The third-order valence-corrected chi connectivity index (χ3v) is 3.50. The molecule has 0 aliphatic heterocycles. The molecule has 0 spiro atoms. The van der Waals surface area contributed by atoms with Gasteiger partial charge in [-0.25, -0.2) is 4.98 Å². The van der Waals surface area contributed by atoms with Crippen molar-refractivity contribution in [2.75, 3.05) is 5.32 Å². The van der Waals surface area contributed by atoms with Crippen LogP contribution < -0.4 is 5.32 Å². The van der Waals surface area contributed by atoms with Gasteiger partial charge in [0.15, 0.2) is 0 Å². The van der Waals surface area contributed by atoms with Gasteiger partial charge in [-0.3, -0.25) is 0 Å². The summed E-state index contributed by atoms with van der Waals surface area (Å²) in [5.41, 5.74) is 1.22. The fourth-order valence-electron chi connectivity index (χ4n) is 1.75. The molecule has 1 aromatic heterocycles. The van der Waals surface area contributed by atoms with Crippen LogP contribution in [0.2, 0.25) is 0 Å². The molecule has 15 heavy (non-hydrogen) atoms. The lowest BCUT2D eigenvalue weighted by atomic mass is 10.0. The number of hydrogen-bond donors (Lipinski definition) is 1. The average molecular weight is 267 g/mol. The van der Waals surface area contributed by atoms with Gasteiger partial charge in [0.25, 0.3) is 0 Å². The molecule has 1 aromatic rings. The van der Waals surface area contributed by atoms with Crippen molar-refractivity contribution in [1.82, 2.24) is 4.98 Å². The Bertz CT molecular complexity index is 374. The van der Waals surface area contributed by atoms with E-state index in [-0.39, 0.29) is 0 Å². The van der Waals surface area contributed by atoms with E-state index in [1.165, 1.54) is 18.4 Å². The first-order valence-corrected chi connectivity index (χ1v) is 6.08. The highest BCUT2D eigenvalue weighted by Crippen LogP contribution is 2.20. The van der Waals surface area contributed by atoms with E-state index in [2.05, 4.69) is 51.4 Å². The van der Waals surface area contributed by atoms with Crippen molar-refractivity contribution in [3.8, 4) is 0 Å². The number of halogens is 1. The molecule has 80 valence electrons. The van der Waals surface area contributed by atoms with Crippen molar-refractivity contribution in [3.63, 3.8) is 0 Å². The Morgan fingerprint density at radius 3 is 3.00 bits per heavy atom. The van der Waals surface area contributed by atoms with Gasteiger partial charge in [0.1, 0.15) is 5.82 Å². The van der Waals surface area contributed by atoms with Crippen LogP contribution in [0.5, 0.6) is 0 Å². The fraction of sp³-hybridized carbons (Fsp3) is 0.417. The molecule has 2 rings (SSSR count). The second-order valence-corrected chi connectivity index (χ2v) is 4.80. The van der Waals surface area contributed by atoms with Crippen molar-refractivity contribution >= 4 is 21.7 Å². The maximum absolute atomic E-state index is 4.35. The molecule has 0 saturated carbocycles. The van der Waals surface area contributed by atoms with E-state index in [1.807, 2.05) is 6.20 Å². The van der Waals surface area contributed by atoms with Crippen LogP contribution in [-0.2, 0) is 0 Å². The first-order valence-electron chi connectivity index (χ1n) is 5.29. The number of nitrogens with zero attached hydrogens (tertiary/aromatic N) is 1. The van der Waals surface area contributed by atoms with E-state index in [9.17, 15) is 0 Å². The Kier molecular flexibility index (Phi) is 3.41. The summed E-state index contributed by atoms with van der Waals surface area (Å²) in [6.07, 6.45) is 9.83. The zero-order valence-corrected chi connectivity index (χ0v) is 10.4. The Labute approximate surface area is 98.9 Å². The monoisotopic (exact) mass is 266 g/mol. The number of pyridine rings is 1. The second kappa shape index (κ2) is 4.79. The predicted molar refractivity (Wildman–Crippen MR) is 67.1 cm³/mol. The van der Waals surface area contributed by atoms with E-state index in [0.717, 1.165) is 16.7 Å². The molecule has 1 unspecified atom stereocenters. The Hall–Kier alpha value is -0.830. The van der Waals surface area contributed by atoms with Gasteiger partial charge in [-0.05, 0) is 53.7 Å². The molecule has 1 aliphatic rings. The van der Waals surface area contributed by atoms with E-state index >= 15 is 0 Å². The third-order valence-electron chi connectivity index (χ3n) is 2.67. The van der Waals surface area contributed by atoms with Gasteiger partial charge < -0.3 is 5.32 Å². The molecule has 1 N–H and O–H groups in total. The quantitative estimate of drug-likeness (QED) is 0.827. The second-order valence-electron chi connectivity index (χ2n) is 3.94. The van der Waals surface area contributed by atoms with Gasteiger partial charge in [0, 0.05) is 16.7 Å². The Morgan fingerprint density at radius 1 is 1.47 bits per heavy atom. The lowest BCUT2D eigenvalue weighted by Crippen LogP contribution is -2.20. The van der Waals surface area contributed by atoms with Crippen LogP contribution in [0.4, 0.5) is 5.82 Å². The summed E-state index contributed by atoms with van der Waals surface area (Å²) < 4.78 is 1.07. The van der Waals surface area contributed by atoms with Gasteiger partial charge in [-0.1, -0.05) is 12.2 Å². The minimum absolute atomic E-state index is 0.545. The SMILES string of the molecule is Cc1cc(NC2CC=CCC2)ncc1Br. The van der Waals surface area contributed by atoms with Crippen molar-refractivity contribution in [1.29, 1.82) is 0 Å². The van der Waals surface area contributed by atoms with Crippen LogP contribution in [0.3, 0.4) is 0 Å². The first kappa shape index (κ1) is 10.7. The van der Waals surface area contributed by atoms with Crippen molar-refractivity contribution in [2.24, 2.45) is 0 Å². The van der Waals surface area contributed by atoms with Crippen LogP contribution in [-0.4, -0.2) is 11.0 Å². The van der Waals surface area contributed by atoms with Gasteiger partial charge in [-0.15, -0.1) is 0 Å². The highest BCUT2D eigenvalue weighted by Gasteiger charge is 2.10. The molecule has 0 fully saturated rings. The third kappa shape index (κ3) is 2.81. The molecular formula is C12H15BrN2. The molecule has 1 atom stereocenters. The van der Waals surface area contributed by atoms with E-state index in [0.29, 0.717) is 6.04 Å². The summed E-state index contributed by atoms with van der Waals surface area (Å²) in [7, 11) is 0. The van der Waals surface area contributed by atoms with Crippen LogP contribution in [0.25, 0.3) is 0 Å². The lowest BCUT2D eigenvalue weighted by molar-refractivity contribution is 0.642. The standard InChI is InChI=1S/C12H15BrN2/c1-9-7-12(14-8-11(9)13)15-10-5-3-2-4-6-10/h2-3,7-8,10H,4-6H2,1H3,(H,14,15). The van der Waals surface area contributed by atoms with Gasteiger partial charge in [-0.2, -0.15) is 0 Å². The molecule has 0 radical (unpaired) electrons. The maximum atomic E-state index is 4.35. The molecule has 1 aliphatic carbocycles. The van der Waals surface area contributed by atoms with Crippen LogP contribution in [0.15, 0.2) is 28.9 Å². The summed E-state index contributed by atoms with van der Waals surface area (Å²) in [6.45, 7) is 2.08. The van der Waals surface area contributed by atoms with Crippen molar-refractivity contribution in [3.05, 3.63) is 34.5 Å². The predicted octanol–water partition coefficient (Wildman–Crippen LogP) is 3.67. The smallest absolute Gasteiger partial charge is 0.126 e. The van der Waals surface area contributed by atoms with E-state index in [1.54, 1.807) is 0 Å². The van der Waals surface area contributed by atoms with Gasteiger partial charge in [0.2, 0.25) is 0 Å². The number of allylic oxidation sites excluding steroid dienone is 1. The molecule has 2 nitrogen and oxygen atoms in total. The largest absolute Gasteiger partial charge is 0.367 e. The molecule has 1 heterocycles. The summed E-state index contributed by atoms with van der Waals surface area (Å²) in [5.74, 6) is 0.982. The summed E-state index contributed by atoms with van der Waals surface area (Å²) >= 11 is 3.45. The molecule has 0 bridgehead atoms. The lowest BCUT2D eigenvalue weighted by Gasteiger charge is -2.20. The van der Waals surface area contributed by atoms with Crippen molar-refractivity contribution in [2.45, 2.75) is 32.2 Å². The van der Waals surface area contributed by atoms with Crippen molar-refractivity contribution < 1.29 is 0 Å². The number of anilines is 1. The summed E-state index contributed by atoms with van der Waals surface area (Å²) in [4.78, 5) is 4.35. The van der Waals surface area contributed by atoms with Gasteiger partial charge >= 0.3 is 0 Å².